The van der Waals surface area contributed by atoms with Gasteiger partial charge in [-0.3, -0.25) is 0 Å². The van der Waals surface area contributed by atoms with Crippen molar-refractivity contribution in [3.8, 4) is 0 Å². The number of hydrogen-bond acceptors (Lipinski definition) is 1. The van der Waals surface area contributed by atoms with E-state index in [9.17, 15) is 0 Å². The van der Waals surface area contributed by atoms with Crippen LogP contribution in [0.15, 0.2) is 12.2 Å². The molecule has 0 bridgehead atoms. The second kappa shape index (κ2) is 3.67. The highest BCUT2D eigenvalue weighted by molar-refractivity contribution is 4.99. The Balaban J connectivity index is 3.70. The van der Waals surface area contributed by atoms with Crippen molar-refractivity contribution in [3.63, 3.8) is 0 Å². The molecule has 0 atom stereocenters. The molecule has 0 aromatic carbocycles. The summed E-state index contributed by atoms with van der Waals surface area (Å²) >= 11 is 0. The Kier molecular flexibility index (Phi) is 3.55. The van der Waals surface area contributed by atoms with E-state index in [1.54, 1.807) is 0 Å². The van der Waals surface area contributed by atoms with Crippen molar-refractivity contribution >= 4 is 0 Å². The van der Waals surface area contributed by atoms with Gasteiger partial charge in [0.2, 0.25) is 0 Å². The van der Waals surface area contributed by atoms with Crippen LogP contribution in [0, 0.1) is 0 Å². The second-order valence-electron chi connectivity index (χ2n) is 2.78. The predicted molar refractivity (Wildman–Crippen MR) is 42.6 cm³/mol. The maximum Gasteiger partial charge on any atom is 0.0304 e. The van der Waals surface area contributed by atoms with Crippen molar-refractivity contribution < 1.29 is 0 Å². The molecule has 0 aromatic rings. The summed E-state index contributed by atoms with van der Waals surface area (Å²) in [6, 6.07) is 0. The summed E-state index contributed by atoms with van der Waals surface area (Å²) in [5, 5.41) is 3.19. The highest BCUT2D eigenvalue weighted by Crippen LogP contribution is 2.02. The first-order chi connectivity index (χ1) is 4.12. The Morgan fingerprint density at radius 3 is 2.33 bits per heavy atom. The summed E-state index contributed by atoms with van der Waals surface area (Å²) in [7, 11) is 1.97. The van der Waals surface area contributed by atoms with Crippen molar-refractivity contribution in [2.45, 2.75) is 32.7 Å². The van der Waals surface area contributed by atoms with Crippen molar-refractivity contribution in [3.05, 3.63) is 12.2 Å². The molecule has 1 heteroatoms. The van der Waals surface area contributed by atoms with Gasteiger partial charge in [0.05, 0.1) is 0 Å². The highest BCUT2D eigenvalue weighted by atomic mass is 14.9. The van der Waals surface area contributed by atoms with E-state index in [1.807, 2.05) is 7.05 Å². The Hall–Kier alpha value is -0.300. The summed E-state index contributed by atoms with van der Waals surface area (Å²) in [5.74, 6) is 0. The molecular weight excluding hydrogens is 110 g/mol. The molecular formula is C8H17N. The Morgan fingerprint density at radius 1 is 1.44 bits per heavy atom. The first-order valence-electron chi connectivity index (χ1n) is 3.49. The fraction of sp³-hybridized carbons (Fsp3) is 0.750. The largest absolute Gasteiger partial charge is 0.311 e. The van der Waals surface area contributed by atoms with E-state index in [2.05, 4.69) is 38.2 Å². The summed E-state index contributed by atoms with van der Waals surface area (Å²) in [6.45, 7) is 6.44. The smallest absolute Gasteiger partial charge is 0.0304 e. The monoisotopic (exact) mass is 127 g/mol. The van der Waals surface area contributed by atoms with E-state index in [1.165, 1.54) is 0 Å². The van der Waals surface area contributed by atoms with Crippen molar-refractivity contribution in [1.82, 2.24) is 5.32 Å². The van der Waals surface area contributed by atoms with Crippen molar-refractivity contribution in [2.75, 3.05) is 7.05 Å². The van der Waals surface area contributed by atoms with E-state index in [0.29, 0.717) is 0 Å². The number of hydrogen-bond donors (Lipinski definition) is 1. The molecule has 0 spiro atoms. The summed E-state index contributed by atoms with van der Waals surface area (Å²) in [6.07, 6.45) is 5.48. The molecule has 0 saturated carbocycles. The van der Waals surface area contributed by atoms with Gasteiger partial charge in [-0.1, -0.05) is 19.1 Å². The first-order valence-corrected chi connectivity index (χ1v) is 3.49. The molecule has 1 N–H and O–H groups in total. The van der Waals surface area contributed by atoms with Crippen LogP contribution in [0.1, 0.15) is 27.2 Å². The van der Waals surface area contributed by atoms with Gasteiger partial charge in [0, 0.05) is 5.54 Å². The molecule has 0 saturated heterocycles. The Morgan fingerprint density at radius 2 is 2.00 bits per heavy atom. The molecule has 0 aliphatic carbocycles. The maximum atomic E-state index is 3.19. The zero-order valence-electron chi connectivity index (χ0n) is 6.86. The van der Waals surface area contributed by atoms with Gasteiger partial charge in [-0.05, 0) is 27.3 Å². The van der Waals surface area contributed by atoms with Gasteiger partial charge in [0.1, 0.15) is 0 Å². The minimum absolute atomic E-state index is 0.163. The van der Waals surface area contributed by atoms with Gasteiger partial charge in [-0.15, -0.1) is 0 Å². The lowest BCUT2D eigenvalue weighted by Crippen LogP contribution is -2.33. The predicted octanol–water partition coefficient (Wildman–Crippen LogP) is 1.95. The fourth-order valence-electron chi connectivity index (χ4n) is 0.496. The van der Waals surface area contributed by atoms with Gasteiger partial charge >= 0.3 is 0 Å². The standard InChI is InChI=1S/C8H17N/c1-5-6-7-8(2,3)9-4/h6-7,9H,5H2,1-4H3. The maximum absolute atomic E-state index is 3.19. The molecule has 0 heterocycles. The van der Waals surface area contributed by atoms with Gasteiger partial charge in [0.25, 0.3) is 0 Å². The van der Waals surface area contributed by atoms with Crippen LogP contribution in [0.5, 0.6) is 0 Å². The van der Waals surface area contributed by atoms with Gasteiger partial charge in [0.15, 0.2) is 0 Å². The Labute approximate surface area is 58.2 Å². The third-order valence-electron chi connectivity index (χ3n) is 1.41. The SMILES string of the molecule is CCC=CC(C)(C)NC. The van der Waals surface area contributed by atoms with E-state index in [4.69, 9.17) is 0 Å². The molecule has 0 aliphatic rings. The molecule has 0 aromatic heterocycles. The van der Waals surface area contributed by atoms with Gasteiger partial charge < -0.3 is 5.32 Å². The average molecular weight is 127 g/mol. The van der Waals surface area contributed by atoms with Crippen LogP contribution in [-0.4, -0.2) is 12.6 Å². The van der Waals surface area contributed by atoms with E-state index < -0.39 is 0 Å². The number of nitrogens with one attached hydrogen (secondary N) is 1. The van der Waals surface area contributed by atoms with Crippen LogP contribution in [-0.2, 0) is 0 Å². The fourth-order valence-corrected chi connectivity index (χ4v) is 0.496. The van der Waals surface area contributed by atoms with Crippen molar-refractivity contribution in [2.24, 2.45) is 0 Å². The van der Waals surface area contributed by atoms with Crippen molar-refractivity contribution in [1.29, 1.82) is 0 Å². The summed E-state index contributed by atoms with van der Waals surface area (Å²) in [5.41, 5.74) is 0.163. The molecule has 0 unspecified atom stereocenters. The molecule has 9 heavy (non-hydrogen) atoms. The quantitative estimate of drug-likeness (QED) is 0.571. The number of rotatable bonds is 3. The number of allylic oxidation sites excluding steroid dienone is 1. The molecule has 0 rings (SSSR count). The first kappa shape index (κ1) is 8.70. The van der Waals surface area contributed by atoms with Gasteiger partial charge in [-0.2, -0.15) is 0 Å². The zero-order chi connectivity index (χ0) is 7.33. The number of likely N-dealkylation sites (N-methyl/N-ethyl adjacent to an activating group) is 1. The highest BCUT2D eigenvalue weighted by Gasteiger charge is 2.07. The Bertz CT molecular complexity index is 92.7. The minimum atomic E-state index is 0.163. The molecule has 1 nitrogen and oxygen atoms in total. The third-order valence-corrected chi connectivity index (χ3v) is 1.41. The minimum Gasteiger partial charge on any atom is -0.311 e. The van der Waals surface area contributed by atoms with Crippen LogP contribution in [0.25, 0.3) is 0 Å². The third kappa shape index (κ3) is 4.22. The van der Waals surface area contributed by atoms with Crippen LogP contribution < -0.4 is 5.32 Å². The normalized spacial score (nSPS) is 12.9. The summed E-state index contributed by atoms with van der Waals surface area (Å²) in [4.78, 5) is 0. The molecule has 0 fully saturated rings. The van der Waals surface area contributed by atoms with Gasteiger partial charge in [-0.25, -0.2) is 0 Å². The average Bonchev–Trinajstić information content (AvgIpc) is 1.84. The van der Waals surface area contributed by atoms with Crippen LogP contribution >= 0.6 is 0 Å². The lowest BCUT2D eigenvalue weighted by atomic mass is 10.1. The van der Waals surface area contributed by atoms with Crippen LogP contribution in [0.4, 0.5) is 0 Å². The molecule has 0 radical (unpaired) electrons. The van der Waals surface area contributed by atoms with E-state index in [-0.39, 0.29) is 5.54 Å². The van der Waals surface area contributed by atoms with Crippen LogP contribution in [0.2, 0.25) is 0 Å². The topological polar surface area (TPSA) is 12.0 Å². The van der Waals surface area contributed by atoms with E-state index >= 15 is 0 Å². The molecule has 54 valence electrons. The lowest BCUT2D eigenvalue weighted by molar-refractivity contribution is 0.526. The van der Waals surface area contributed by atoms with E-state index in [0.717, 1.165) is 6.42 Å². The molecule has 0 aliphatic heterocycles. The zero-order valence-corrected chi connectivity index (χ0v) is 6.86. The summed E-state index contributed by atoms with van der Waals surface area (Å²) < 4.78 is 0. The van der Waals surface area contributed by atoms with Crippen LogP contribution in [0.3, 0.4) is 0 Å². The lowest BCUT2D eigenvalue weighted by Gasteiger charge is -2.18. The molecule has 0 amide bonds. The second-order valence-corrected chi connectivity index (χ2v) is 2.78.